The Morgan fingerprint density at radius 1 is 0.471 bits per heavy atom. The molecular weight excluding hydrogens is 1120 g/mol. The van der Waals surface area contributed by atoms with E-state index in [0.29, 0.717) is 36.0 Å². The van der Waals surface area contributed by atoms with Gasteiger partial charge in [-0.1, -0.05) is 76.5 Å². The first-order chi connectivity index (χ1) is 39.5. The van der Waals surface area contributed by atoms with Gasteiger partial charge in [0, 0.05) is 50.2 Å². The molecular formula is C66H84F3O15P. The van der Waals surface area contributed by atoms with E-state index in [0.717, 1.165) is 0 Å². The van der Waals surface area contributed by atoms with Crippen molar-refractivity contribution in [1.82, 2.24) is 0 Å². The fraction of sp³-hybridized carbons (Fsp3) is 0.727. The van der Waals surface area contributed by atoms with Crippen LogP contribution in [0.4, 0.5) is 13.2 Å². The monoisotopic (exact) mass is 1200 g/mol. The molecule has 0 saturated heterocycles. The quantitative estimate of drug-likeness (QED) is 0.101. The average Bonchev–Trinajstić information content (AvgIpc) is 1.80. The summed E-state index contributed by atoms with van der Waals surface area (Å²) in [6, 6.07) is 0. The number of aliphatic hydroxyl groups excluding tert-OH is 3. The van der Waals surface area contributed by atoms with E-state index in [1.54, 1.807) is 62.3 Å². The molecule has 0 radical (unpaired) electrons. The second-order valence-electron chi connectivity index (χ2n) is 29.8. The lowest BCUT2D eigenvalue weighted by molar-refractivity contribution is -0.220. The van der Waals surface area contributed by atoms with Crippen molar-refractivity contribution in [2.45, 2.75) is 191 Å². The van der Waals surface area contributed by atoms with Gasteiger partial charge in [0.2, 0.25) is 0 Å². The second kappa shape index (κ2) is 19.4. The zero-order chi connectivity index (χ0) is 61.8. The van der Waals surface area contributed by atoms with Crippen LogP contribution >= 0.6 is 8.60 Å². The number of halogens is 3. The Morgan fingerprint density at radius 2 is 0.718 bits per heavy atom. The highest BCUT2D eigenvalue weighted by molar-refractivity contribution is 7.41. The molecule has 12 rings (SSSR count). The fourth-order valence-corrected chi connectivity index (χ4v) is 23.1. The van der Waals surface area contributed by atoms with Crippen molar-refractivity contribution in [3.8, 4) is 0 Å². The number of aliphatic hydroxyl groups is 6. The summed E-state index contributed by atoms with van der Waals surface area (Å²) in [6.07, 6.45) is 9.07. The van der Waals surface area contributed by atoms with Crippen molar-refractivity contribution in [2.24, 2.45) is 85.8 Å². The van der Waals surface area contributed by atoms with Gasteiger partial charge in [-0.2, -0.15) is 0 Å². The van der Waals surface area contributed by atoms with E-state index in [9.17, 15) is 45.0 Å². The Morgan fingerprint density at radius 3 is 0.965 bits per heavy atom. The molecule has 464 valence electrons. The number of ketones is 6. The third-order valence-corrected chi connectivity index (χ3v) is 27.9. The predicted molar refractivity (Wildman–Crippen MR) is 303 cm³/mol. The zero-order valence-corrected chi connectivity index (χ0v) is 51.1. The number of carbonyl (C=O) groups excluding carboxylic acids is 6. The Labute approximate surface area is 496 Å². The van der Waals surface area contributed by atoms with Crippen LogP contribution in [-0.4, -0.2) is 137 Å². The smallest absolute Gasteiger partial charge is 0.333 e. The number of fused-ring (bicyclic) bond motifs is 15. The van der Waals surface area contributed by atoms with E-state index in [1.807, 2.05) is 0 Å². The number of hydrogen-bond acceptors (Lipinski definition) is 15. The van der Waals surface area contributed by atoms with Gasteiger partial charge in [0.1, 0.15) is 36.6 Å². The Balaban J connectivity index is 0.817. The molecule has 0 bridgehead atoms. The van der Waals surface area contributed by atoms with Gasteiger partial charge in [-0.05, 0) is 170 Å². The summed E-state index contributed by atoms with van der Waals surface area (Å²) in [5, 5.41) is 75.0. The van der Waals surface area contributed by atoms with Crippen LogP contribution in [0.15, 0.2) is 71.4 Å². The van der Waals surface area contributed by atoms with Crippen molar-refractivity contribution in [2.75, 3.05) is 19.8 Å². The number of rotatable bonds is 12. The van der Waals surface area contributed by atoms with E-state index in [1.165, 1.54) is 54.7 Å². The van der Waals surface area contributed by atoms with Crippen LogP contribution in [0.1, 0.15) is 139 Å². The molecule has 15 nitrogen and oxygen atoms in total. The average molecular weight is 1210 g/mol. The van der Waals surface area contributed by atoms with E-state index in [2.05, 4.69) is 0 Å². The minimum atomic E-state index is -3.01. The first-order valence-corrected chi connectivity index (χ1v) is 32.0. The van der Waals surface area contributed by atoms with Gasteiger partial charge in [0.15, 0.2) is 51.7 Å². The number of carbonyl (C=O) groups is 6. The van der Waals surface area contributed by atoms with Crippen molar-refractivity contribution in [3.63, 3.8) is 0 Å². The molecule has 12 aliphatic carbocycles. The fourth-order valence-electron chi connectivity index (χ4n) is 22.2. The molecule has 0 unspecified atom stereocenters. The number of hydrogen-bond donors (Lipinski definition) is 6. The van der Waals surface area contributed by atoms with E-state index < -0.39 is 184 Å². The van der Waals surface area contributed by atoms with Crippen LogP contribution in [0.2, 0.25) is 0 Å². The summed E-state index contributed by atoms with van der Waals surface area (Å²) < 4.78 is 72.8. The molecule has 0 amide bonds. The van der Waals surface area contributed by atoms with Gasteiger partial charge >= 0.3 is 8.60 Å². The summed E-state index contributed by atoms with van der Waals surface area (Å²) in [7, 11) is -3.01. The first-order valence-electron chi connectivity index (χ1n) is 30.9. The molecule has 0 heterocycles. The number of Topliss-reactive ketones (excluding diaryl/α,β-unsaturated/α-hetero) is 3. The lowest BCUT2D eigenvalue weighted by Crippen LogP contribution is -2.69. The van der Waals surface area contributed by atoms with Crippen molar-refractivity contribution < 1.29 is 86.1 Å². The number of allylic oxidation sites excluding steroid dienone is 12. The van der Waals surface area contributed by atoms with Crippen LogP contribution in [-0.2, 0) is 42.3 Å². The lowest BCUT2D eigenvalue weighted by Gasteiger charge is -2.62. The summed E-state index contributed by atoms with van der Waals surface area (Å²) >= 11 is 0. The molecule has 0 aromatic heterocycles. The standard InChI is InChI=1S/C66H84F3O15P/c1-34-22-46-43-13-10-37-25-40(70)16-19-55(37,4)61(43,67)49(73)28-58(46,7)64(34,79)52(76)31-82-85(83-32-53(77)65(80)35(2)23-47-44-14-11-38-26-41(71)17-20-56(38,5)62(44,68)50(74)29-59(47,65)8)84-33-54(78)66(81)36(3)24-48-45-15-12-39-27-42(72)18-21-57(39,6)63(45,69)51(75)30-60(48,66)9/h16-21,25-27,34-36,43-51,73-75,79-81H,10-15,22-24,28-33H2,1-9H3/t34-,35-,36-,43+,44+,45+,46+,47+,48+,49+,50+,51+,55+,56+,57+,58+,59+,60+,61+,62+,63+,64+,65+,66+/m1/s1. The summed E-state index contributed by atoms with van der Waals surface area (Å²) in [5.74, 6) is -10.3. The maximum atomic E-state index is 18.1. The van der Waals surface area contributed by atoms with Crippen LogP contribution in [0.25, 0.3) is 0 Å². The molecule has 19 heteroatoms. The van der Waals surface area contributed by atoms with Gasteiger partial charge < -0.3 is 44.2 Å². The molecule has 0 spiro atoms. The van der Waals surface area contributed by atoms with E-state index >= 15 is 27.6 Å². The second-order valence-corrected chi connectivity index (χ2v) is 31.0. The van der Waals surface area contributed by atoms with Gasteiger partial charge in [0.25, 0.3) is 0 Å². The van der Waals surface area contributed by atoms with Gasteiger partial charge in [-0.15, -0.1) is 0 Å². The normalized spacial score (nSPS) is 52.6. The largest absolute Gasteiger partial charge is 0.390 e. The third-order valence-electron chi connectivity index (χ3n) is 26.8. The molecule has 12 aliphatic rings. The highest BCUT2D eigenvalue weighted by Crippen LogP contribution is 2.75. The summed E-state index contributed by atoms with van der Waals surface area (Å²) in [6.45, 7) is 12.2. The van der Waals surface area contributed by atoms with Crippen molar-refractivity contribution in [1.29, 1.82) is 0 Å². The maximum Gasteiger partial charge on any atom is 0.333 e. The topological polar surface area (TPSA) is 251 Å². The van der Waals surface area contributed by atoms with E-state index in [4.69, 9.17) is 13.6 Å². The van der Waals surface area contributed by atoms with Crippen LogP contribution in [0, 0.1) is 85.8 Å². The Hall–Kier alpha value is -3.68. The molecule has 24 atom stereocenters. The minimum Gasteiger partial charge on any atom is -0.390 e. The third kappa shape index (κ3) is 7.44. The van der Waals surface area contributed by atoms with Gasteiger partial charge in [0.05, 0.1) is 18.3 Å². The summed E-state index contributed by atoms with van der Waals surface area (Å²) in [5.41, 5.74) is -20.0. The molecule has 9 saturated carbocycles. The van der Waals surface area contributed by atoms with Crippen LogP contribution in [0.5, 0.6) is 0 Å². The molecule has 6 N–H and O–H groups in total. The molecule has 0 aromatic carbocycles. The zero-order valence-electron chi connectivity index (χ0n) is 50.2. The Kier molecular flexibility index (Phi) is 14.1. The molecule has 0 aromatic rings. The van der Waals surface area contributed by atoms with Gasteiger partial charge in [-0.3, -0.25) is 28.8 Å². The highest BCUT2D eigenvalue weighted by Gasteiger charge is 2.79. The summed E-state index contributed by atoms with van der Waals surface area (Å²) in [4.78, 5) is 82.5. The molecule has 85 heavy (non-hydrogen) atoms. The van der Waals surface area contributed by atoms with E-state index in [-0.39, 0.29) is 75.1 Å². The van der Waals surface area contributed by atoms with Gasteiger partial charge in [-0.25, -0.2) is 13.2 Å². The maximum absolute atomic E-state index is 18.1. The molecule has 0 aliphatic heterocycles. The first kappa shape index (κ1) is 61.6. The van der Waals surface area contributed by atoms with Crippen molar-refractivity contribution >= 4 is 43.3 Å². The predicted octanol–water partition coefficient (Wildman–Crippen LogP) is 8.01. The minimum absolute atomic E-state index is 0.191. The molecule has 9 fully saturated rings. The lowest BCUT2D eigenvalue weighted by atomic mass is 9.44. The number of alkyl halides is 3. The SMILES string of the molecule is C[C@@H]1C[C@H]2[C@@H]3CCC4=CC(=O)C=C[C@]4(C)[C@@]3(F)[C@@H](O)C[C@]2(C)[C@@]1(O)C(=O)COP(OCC(=O)[C@@]1(O)[C@H](C)C[C@H]2[C@@H]3CCC4=CC(=O)C=C[C@]4(C)[C@@]3(F)[C@@H](O)C[C@@]21C)OCC(=O)[C@@]1(O)[C@H](C)C[C@H]2[C@@H]3CCC4=CC(=O)C=C[C@]4(C)[C@@]3(F)[C@@H](O)C[C@@]21C. The Bertz CT molecular complexity index is 2840. The van der Waals surface area contributed by atoms with Crippen LogP contribution in [0.3, 0.4) is 0 Å². The van der Waals surface area contributed by atoms with Crippen molar-refractivity contribution in [3.05, 3.63) is 71.4 Å². The van der Waals surface area contributed by atoms with Crippen LogP contribution < -0.4 is 0 Å². The highest BCUT2D eigenvalue weighted by atomic mass is 31.2.